The SMILES string of the molecule is COCCNCC(=O)N1CCN(CC(=O)N2CCOCC2)CC1.Cl.Cl. The van der Waals surface area contributed by atoms with Crippen LogP contribution in [0.3, 0.4) is 0 Å². The molecule has 0 saturated carbocycles. The van der Waals surface area contributed by atoms with E-state index in [1.807, 2.05) is 9.80 Å². The maximum absolute atomic E-state index is 12.2. The molecule has 0 aromatic rings. The summed E-state index contributed by atoms with van der Waals surface area (Å²) in [7, 11) is 1.64. The second-order valence-corrected chi connectivity index (χ2v) is 5.82. The van der Waals surface area contributed by atoms with Crippen LogP contribution in [0.2, 0.25) is 0 Å². The number of carbonyl (C=O) groups excluding carboxylic acids is 2. The smallest absolute Gasteiger partial charge is 0.236 e. The Hall–Kier alpha value is -0.640. The highest BCUT2D eigenvalue weighted by Gasteiger charge is 2.24. The Morgan fingerprint density at radius 2 is 1.56 bits per heavy atom. The van der Waals surface area contributed by atoms with E-state index in [4.69, 9.17) is 9.47 Å². The fourth-order valence-corrected chi connectivity index (χ4v) is 2.74. The third kappa shape index (κ3) is 8.52. The number of amides is 2. The first kappa shape index (κ1) is 24.4. The zero-order chi connectivity index (χ0) is 16.5. The van der Waals surface area contributed by atoms with Crippen LogP contribution < -0.4 is 5.32 Å². The molecule has 2 heterocycles. The quantitative estimate of drug-likeness (QED) is 0.556. The molecule has 0 aliphatic carbocycles. The fourth-order valence-electron chi connectivity index (χ4n) is 2.74. The van der Waals surface area contributed by atoms with E-state index in [1.165, 1.54) is 0 Å². The molecule has 2 amide bonds. The minimum Gasteiger partial charge on any atom is -0.383 e. The number of halogens is 2. The topological polar surface area (TPSA) is 74.4 Å². The summed E-state index contributed by atoms with van der Waals surface area (Å²) in [4.78, 5) is 30.1. The number of nitrogens with zero attached hydrogens (tertiary/aromatic N) is 3. The summed E-state index contributed by atoms with van der Waals surface area (Å²) in [5.74, 6) is 0.273. The Kier molecular flexibility index (Phi) is 13.2. The molecule has 8 nitrogen and oxygen atoms in total. The Labute approximate surface area is 162 Å². The number of morpholine rings is 1. The monoisotopic (exact) mass is 400 g/mol. The largest absolute Gasteiger partial charge is 0.383 e. The summed E-state index contributed by atoms with van der Waals surface area (Å²) < 4.78 is 10.2. The Bertz CT molecular complexity index is 390. The first-order valence-electron chi connectivity index (χ1n) is 8.26. The van der Waals surface area contributed by atoms with E-state index in [1.54, 1.807) is 7.11 Å². The number of methoxy groups -OCH3 is 1. The van der Waals surface area contributed by atoms with Gasteiger partial charge in [-0.05, 0) is 0 Å². The molecule has 0 unspecified atom stereocenters. The molecule has 0 spiro atoms. The van der Waals surface area contributed by atoms with Crippen molar-refractivity contribution in [2.75, 3.05) is 85.8 Å². The number of ether oxygens (including phenoxy) is 2. The van der Waals surface area contributed by atoms with E-state index in [9.17, 15) is 9.59 Å². The van der Waals surface area contributed by atoms with E-state index in [-0.39, 0.29) is 36.6 Å². The van der Waals surface area contributed by atoms with Crippen LogP contribution in [0, 0.1) is 0 Å². The molecule has 0 bridgehead atoms. The maximum atomic E-state index is 12.2. The molecule has 0 atom stereocenters. The van der Waals surface area contributed by atoms with Gasteiger partial charge >= 0.3 is 0 Å². The lowest BCUT2D eigenvalue weighted by atomic mass is 10.3. The van der Waals surface area contributed by atoms with Crippen molar-refractivity contribution < 1.29 is 19.1 Å². The Morgan fingerprint density at radius 1 is 0.960 bits per heavy atom. The molecular formula is C15H30Cl2N4O4. The van der Waals surface area contributed by atoms with Gasteiger partial charge in [-0.2, -0.15) is 0 Å². The molecule has 0 radical (unpaired) electrons. The molecule has 148 valence electrons. The molecule has 2 fully saturated rings. The Balaban J connectivity index is 0.00000288. The number of carbonyl (C=O) groups is 2. The molecule has 2 aliphatic rings. The minimum absolute atomic E-state index is 0. The van der Waals surface area contributed by atoms with Crippen LogP contribution in [-0.2, 0) is 19.1 Å². The normalized spacial score (nSPS) is 18.3. The van der Waals surface area contributed by atoms with Crippen molar-refractivity contribution in [2.45, 2.75) is 0 Å². The van der Waals surface area contributed by atoms with Crippen LogP contribution >= 0.6 is 24.8 Å². The Morgan fingerprint density at radius 3 is 2.16 bits per heavy atom. The molecule has 0 aromatic carbocycles. The summed E-state index contributed by atoms with van der Waals surface area (Å²) in [5.41, 5.74) is 0. The molecule has 2 rings (SSSR count). The summed E-state index contributed by atoms with van der Waals surface area (Å²) in [6.07, 6.45) is 0. The summed E-state index contributed by atoms with van der Waals surface area (Å²) in [5, 5.41) is 3.07. The van der Waals surface area contributed by atoms with E-state index < -0.39 is 0 Å². The molecule has 2 saturated heterocycles. The molecule has 10 heteroatoms. The summed E-state index contributed by atoms with van der Waals surface area (Å²) in [6.45, 7) is 7.55. The fraction of sp³-hybridized carbons (Fsp3) is 0.867. The second-order valence-electron chi connectivity index (χ2n) is 5.82. The van der Waals surface area contributed by atoms with Crippen LogP contribution in [0.15, 0.2) is 0 Å². The van der Waals surface area contributed by atoms with Gasteiger partial charge in [-0.25, -0.2) is 0 Å². The van der Waals surface area contributed by atoms with Crippen molar-refractivity contribution in [3.8, 4) is 0 Å². The van der Waals surface area contributed by atoms with Crippen LogP contribution in [0.5, 0.6) is 0 Å². The average molecular weight is 401 g/mol. The lowest BCUT2D eigenvalue weighted by Crippen LogP contribution is -2.53. The van der Waals surface area contributed by atoms with Gasteiger partial charge in [0.1, 0.15) is 0 Å². The van der Waals surface area contributed by atoms with Crippen molar-refractivity contribution in [3.63, 3.8) is 0 Å². The van der Waals surface area contributed by atoms with Crippen molar-refractivity contribution >= 4 is 36.6 Å². The van der Waals surface area contributed by atoms with Crippen molar-refractivity contribution in [1.82, 2.24) is 20.0 Å². The van der Waals surface area contributed by atoms with Gasteiger partial charge in [-0.3, -0.25) is 14.5 Å². The van der Waals surface area contributed by atoms with Gasteiger partial charge in [0, 0.05) is 52.9 Å². The standard InChI is InChI=1S/C15H28N4O4.2ClH/c1-22-9-2-16-12-14(20)18-5-3-17(4-6-18)13-15(21)19-7-10-23-11-8-19;;/h16H,2-13H2,1H3;2*1H. The van der Waals surface area contributed by atoms with Gasteiger partial charge < -0.3 is 24.6 Å². The third-order valence-corrected chi connectivity index (χ3v) is 4.21. The molecule has 25 heavy (non-hydrogen) atoms. The first-order valence-corrected chi connectivity index (χ1v) is 8.26. The zero-order valence-corrected chi connectivity index (χ0v) is 16.4. The average Bonchev–Trinajstić information content (AvgIpc) is 2.60. The minimum atomic E-state index is 0. The lowest BCUT2D eigenvalue weighted by Gasteiger charge is -2.36. The van der Waals surface area contributed by atoms with Gasteiger partial charge in [0.25, 0.3) is 0 Å². The van der Waals surface area contributed by atoms with Crippen molar-refractivity contribution in [3.05, 3.63) is 0 Å². The highest BCUT2D eigenvalue weighted by atomic mass is 35.5. The van der Waals surface area contributed by atoms with E-state index in [2.05, 4.69) is 10.2 Å². The number of nitrogens with one attached hydrogen (secondary N) is 1. The number of hydrogen-bond donors (Lipinski definition) is 1. The molecule has 1 N–H and O–H groups in total. The van der Waals surface area contributed by atoms with Gasteiger partial charge in [-0.1, -0.05) is 0 Å². The zero-order valence-electron chi connectivity index (χ0n) is 14.8. The second kappa shape index (κ2) is 13.5. The molecule has 2 aliphatic heterocycles. The predicted molar refractivity (Wildman–Crippen MR) is 99.7 cm³/mol. The number of rotatable bonds is 7. The lowest BCUT2D eigenvalue weighted by molar-refractivity contribution is -0.137. The van der Waals surface area contributed by atoms with E-state index >= 15 is 0 Å². The van der Waals surface area contributed by atoms with Gasteiger partial charge in [0.2, 0.25) is 11.8 Å². The van der Waals surface area contributed by atoms with Gasteiger partial charge in [-0.15, -0.1) is 24.8 Å². The van der Waals surface area contributed by atoms with Crippen LogP contribution in [-0.4, -0.2) is 112 Å². The van der Waals surface area contributed by atoms with Crippen LogP contribution in [0.4, 0.5) is 0 Å². The summed E-state index contributed by atoms with van der Waals surface area (Å²) >= 11 is 0. The first-order chi connectivity index (χ1) is 11.2. The number of piperazine rings is 1. The van der Waals surface area contributed by atoms with E-state index in [0.717, 1.165) is 13.1 Å². The highest BCUT2D eigenvalue weighted by Crippen LogP contribution is 2.04. The van der Waals surface area contributed by atoms with Crippen LogP contribution in [0.25, 0.3) is 0 Å². The summed E-state index contributed by atoms with van der Waals surface area (Å²) in [6, 6.07) is 0. The predicted octanol–water partition coefficient (Wildman–Crippen LogP) is -0.931. The highest BCUT2D eigenvalue weighted by molar-refractivity contribution is 5.85. The molecular weight excluding hydrogens is 371 g/mol. The third-order valence-electron chi connectivity index (χ3n) is 4.21. The van der Waals surface area contributed by atoms with Crippen molar-refractivity contribution in [1.29, 1.82) is 0 Å². The van der Waals surface area contributed by atoms with Gasteiger partial charge in [0.15, 0.2) is 0 Å². The maximum Gasteiger partial charge on any atom is 0.236 e. The number of hydrogen-bond acceptors (Lipinski definition) is 6. The molecule has 0 aromatic heterocycles. The van der Waals surface area contributed by atoms with Gasteiger partial charge in [0.05, 0.1) is 32.9 Å². The van der Waals surface area contributed by atoms with E-state index in [0.29, 0.717) is 65.6 Å². The van der Waals surface area contributed by atoms with Crippen molar-refractivity contribution in [2.24, 2.45) is 0 Å². The van der Waals surface area contributed by atoms with Crippen LogP contribution in [0.1, 0.15) is 0 Å².